The van der Waals surface area contributed by atoms with Gasteiger partial charge in [-0.1, -0.05) is 6.07 Å². The number of hydrogen-bond acceptors (Lipinski definition) is 5. The lowest BCUT2D eigenvalue weighted by Crippen LogP contribution is -2.22. The maximum atomic E-state index is 12.0. The van der Waals surface area contributed by atoms with Gasteiger partial charge in [0.15, 0.2) is 0 Å². The summed E-state index contributed by atoms with van der Waals surface area (Å²) in [6, 6.07) is 8.25. The van der Waals surface area contributed by atoms with E-state index in [1.54, 1.807) is 18.2 Å². The van der Waals surface area contributed by atoms with Crippen molar-refractivity contribution in [3.05, 3.63) is 51.4 Å². The molecule has 3 rings (SSSR count). The second-order valence-corrected chi connectivity index (χ2v) is 4.39. The summed E-state index contributed by atoms with van der Waals surface area (Å²) in [6.07, 6.45) is 0. The van der Waals surface area contributed by atoms with Crippen LogP contribution in [0, 0.1) is 5.21 Å². The highest BCUT2D eigenvalue weighted by Crippen LogP contribution is 2.17. The standard InChI is InChI=1S/C11H6N2O3S/c14-11(10-2-1-5-17-10)7-3-4-9-8(6-7)12-16-13(9)15/h1-6H. The molecule has 0 N–H and O–H groups in total. The Kier molecular flexibility index (Phi) is 2.15. The van der Waals surface area contributed by atoms with Gasteiger partial charge in [0.1, 0.15) is 0 Å². The highest BCUT2D eigenvalue weighted by atomic mass is 32.1. The van der Waals surface area contributed by atoms with Gasteiger partial charge in [-0.15, -0.1) is 11.3 Å². The molecule has 17 heavy (non-hydrogen) atoms. The number of ketones is 1. The molecule has 5 nitrogen and oxygen atoms in total. The predicted octanol–water partition coefficient (Wildman–Crippen LogP) is 1.75. The molecular formula is C11H6N2O3S. The average Bonchev–Trinajstić information content (AvgIpc) is 2.98. The summed E-state index contributed by atoms with van der Waals surface area (Å²) in [5.41, 5.74) is 1.18. The molecule has 0 atom stereocenters. The third-order valence-electron chi connectivity index (χ3n) is 2.39. The number of carbonyl (C=O) groups is 1. The second kappa shape index (κ2) is 3.67. The van der Waals surface area contributed by atoms with Gasteiger partial charge in [-0.2, -0.15) is 0 Å². The van der Waals surface area contributed by atoms with Crippen molar-refractivity contribution in [1.29, 1.82) is 0 Å². The Balaban J connectivity index is 2.09. The molecule has 0 bridgehead atoms. The van der Waals surface area contributed by atoms with E-state index >= 15 is 0 Å². The van der Waals surface area contributed by atoms with Crippen LogP contribution in [-0.2, 0) is 0 Å². The summed E-state index contributed by atoms with van der Waals surface area (Å²) >= 11 is 1.38. The van der Waals surface area contributed by atoms with Crippen LogP contribution < -0.4 is 4.90 Å². The first kappa shape index (κ1) is 9.98. The zero-order valence-electron chi connectivity index (χ0n) is 8.49. The molecule has 0 fully saturated rings. The summed E-state index contributed by atoms with van der Waals surface area (Å²) in [5.74, 6) is -0.0812. The minimum absolute atomic E-state index is 0.0812. The predicted molar refractivity (Wildman–Crippen MR) is 60.7 cm³/mol. The van der Waals surface area contributed by atoms with E-state index in [2.05, 4.69) is 9.79 Å². The van der Waals surface area contributed by atoms with Gasteiger partial charge in [0, 0.05) is 16.8 Å². The van der Waals surface area contributed by atoms with Crippen LogP contribution in [0.5, 0.6) is 0 Å². The molecule has 0 unspecified atom stereocenters. The Morgan fingerprint density at radius 3 is 3.06 bits per heavy atom. The normalized spacial score (nSPS) is 10.8. The molecule has 84 valence electrons. The van der Waals surface area contributed by atoms with Crippen molar-refractivity contribution < 1.29 is 14.3 Å². The highest BCUT2D eigenvalue weighted by Gasteiger charge is 2.15. The Labute approximate surface area is 99.4 Å². The molecule has 0 saturated carbocycles. The van der Waals surface area contributed by atoms with Gasteiger partial charge in [-0.05, 0) is 28.5 Å². The lowest BCUT2D eigenvalue weighted by atomic mass is 10.1. The number of thiophene rings is 1. The average molecular weight is 246 g/mol. The summed E-state index contributed by atoms with van der Waals surface area (Å²) in [5, 5.41) is 16.5. The summed E-state index contributed by atoms with van der Waals surface area (Å²) in [4.78, 5) is 13.0. The van der Waals surface area contributed by atoms with E-state index in [0.29, 0.717) is 26.4 Å². The quantitative estimate of drug-likeness (QED) is 0.510. The summed E-state index contributed by atoms with van der Waals surface area (Å²) in [7, 11) is 0. The minimum Gasteiger partial charge on any atom is -0.359 e. The van der Waals surface area contributed by atoms with Gasteiger partial charge in [-0.25, -0.2) is 0 Å². The first-order valence-electron chi connectivity index (χ1n) is 4.83. The van der Waals surface area contributed by atoms with E-state index in [9.17, 15) is 10.0 Å². The number of benzene rings is 1. The zero-order chi connectivity index (χ0) is 11.8. The third kappa shape index (κ3) is 1.58. The van der Waals surface area contributed by atoms with Crippen LogP contribution >= 0.6 is 11.3 Å². The fourth-order valence-electron chi connectivity index (χ4n) is 1.57. The molecule has 0 saturated heterocycles. The van der Waals surface area contributed by atoms with Crippen molar-refractivity contribution in [2.24, 2.45) is 0 Å². The van der Waals surface area contributed by atoms with Gasteiger partial charge >= 0.3 is 0 Å². The number of aromatic nitrogens is 2. The first-order chi connectivity index (χ1) is 8.25. The van der Waals surface area contributed by atoms with E-state index in [4.69, 9.17) is 0 Å². The molecule has 0 aliphatic carbocycles. The molecular weight excluding hydrogens is 240 g/mol. The number of hydrogen-bond donors (Lipinski definition) is 0. The van der Waals surface area contributed by atoms with Crippen LogP contribution in [0.2, 0.25) is 0 Å². The molecule has 0 aliphatic heterocycles. The largest absolute Gasteiger partial charge is 0.359 e. The zero-order valence-corrected chi connectivity index (χ0v) is 9.31. The number of carbonyl (C=O) groups excluding carboxylic acids is 1. The van der Waals surface area contributed by atoms with E-state index < -0.39 is 0 Å². The number of fused-ring (bicyclic) bond motifs is 1. The molecule has 6 heteroatoms. The van der Waals surface area contributed by atoms with Crippen LogP contribution in [0.3, 0.4) is 0 Å². The van der Waals surface area contributed by atoms with E-state index in [1.165, 1.54) is 17.4 Å². The van der Waals surface area contributed by atoms with Gasteiger partial charge in [0.25, 0.3) is 0 Å². The van der Waals surface area contributed by atoms with E-state index in [0.717, 1.165) is 0 Å². The highest BCUT2D eigenvalue weighted by molar-refractivity contribution is 7.12. The monoisotopic (exact) mass is 246 g/mol. The fraction of sp³-hybridized carbons (Fsp3) is 0. The maximum absolute atomic E-state index is 12.0. The lowest BCUT2D eigenvalue weighted by Gasteiger charge is -1.95. The molecule has 0 spiro atoms. The Morgan fingerprint density at radius 2 is 2.29 bits per heavy atom. The van der Waals surface area contributed by atoms with Gasteiger partial charge < -0.3 is 5.21 Å². The topological polar surface area (TPSA) is 70.0 Å². The minimum atomic E-state index is -0.0812. The van der Waals surface area contributed by atoms with Crippen molar-refractivity contribution in [3.8, 4) is 0 Å². The fourth-order valence-corrected chi connectivity index (χ4v) is 2.25. The Bertz CT molecular complexity index is 688. The van der Waals surface area contributed by atoms with E-state index in [1.807, 2.05) is 11.4 Å². The van der Waals surface area contributed by atoms with Crippen molar-refractivity contribution in [2.45, 2.75) is 0 Å². The van der Waals surface area contributed by atoms with Crippen molar-refractivity contribution in [3.63, 3.8) is 0 Å². The molecule has 2 heterocycles. The van der Waals surface area contributed by atoms with Crippen molar-refractivity contribution in [2.75, 3.05) is 0 Å². The number of rotatable bonds is 2. The molecule has 2 aromatic heterocycles. The van der Waals surface area contributed by atoms with Crippen molar-refractivity contribution >= 4 is 28.2 Å². The molecule has 0 amide bonds. The van der Waals surface area contributed by atoms with Crippen LogP contribution in [0.25, 0.3) is 11.0 Å². The van der Waals surface area contributed by atoms with Gasteiger partial charge in [0.2, 0.25) is 16.8 Å². The molecule has 1 aromatic carbocycles. The molecule has 3 aromatic rings. The van der Waals surface area contributed by atoms with Crippen LogP contribution in [0.1, 0.15) is 15.2 Å². The van der Waals surface area contributed by atoms with Crippen molar-refractivity contribution in [1.82, 2.24) is 5.16 Å². The van der Waals surface area contributed by atoms with Gasteiger partial charge in [-0.3, -0.25) is 9.42 Å². The summed E-state index contributed by atoms with van der Waals surface area (Å²) in [6.45, 7) is 0. The summed E-state index contributed by atoms with van der Waals surface area (Å²) < 4.78 is 4.44. The number of nitrogens with zero attached hydrogens (tertiary/aromatic N) is 2. The third-order valence-corrected chi connectivity index (χ3v) is 3.26. The lowest BCUT2D eigenvalue weighted by molar-refractivity contribution is -0.782. The van der Waals surface area contributed by atoms with Crippen LogP contribution in [-0.4, -0.2) is 10.9 Å². The first-order valence-corrected chi connectivity index (χ1v) is 5.71. The Morgan fingerprint density at radius 1 is 1.41 bits per heavy atom. The SMILES string of the molecule is O=C(c1ccc2c(c1)no[n+]2[O-])c1cccs1. The van der Waals surface area contributed by atoms with Gasteiger partial charge in [0.05, 0.1) is 4.88 Å². The van der Waals surface area contributed by atoms with Crippen LogP contribution in [0.15, 0.2) is 40.3 Å². The molecule has 0 radical (unpaired) electrons. The maximum Gasteiger partial charge on any atom is 0.249 e. The van der Waals surface area contributed by atoms with Crippen LogP contribution in [0.4, 0.5) is 0 Å². The second-order valence-electron chi connectivity index (χ2n) is 3.44. The Hall–Kier alpha value is -2.21. The molecule has 0 aliphatic rings. The smallest absolute Gasteiger partial charge is 0.249 e. The van der Waals surface area contributed by atoms with E-state index in [-0.39, 0.29) is 5.78 Å².